The number of nitriles is 1. The summed E-state index contributed by atoms with van der Waals surface area (Å²) >= 11 is 0. The summed E-state index contributed by atoms with van der Waals surface area (Å²) in [5.41, 5.74) is 0.596. The van der Waals surface area contributed by atoms with E-state index in [9.17, 15) is 4.79 Å². The zero-order valence-corrected chi connectivity index (χ0v) is 7.56. The van der Waals surface area contributed by atoms with Crippen LogP contribution in [0.3, 0.4) is 0 Å². The number of fused-ring (bicyclic) bond motifs is 1. The number of para-hydroxylation sites is 1. The average Bonchev–Trinajstić information content (AvgIpc) is 2.23. The summed E-state index contributed by atoms with van der Waals surface area (Å²) in [5.74, 6) is 0.356. The molecule has 0 saturated heterocycles. The third-order valence-electron chi connectivity index (χ3n) is 2.30. The van der Waals surface area contributed by atoms with Gasteiger partial charge in [-0.25, -0.2) is 0 Å². The van der Waals surface area contributed by atoms with Crippen molar-refractivity contribution in [1.29, 1.82) is 5.26 Å². The lowest BCUT2D eigenvalue weighted by Crippen LogP contribution is -2.27. The summed E-state index contributed by atoms with van der Waals surface area (Å²) in [6.07, 6.45) is 0.229. The van der Waals surface area contributed by atoms with E-state index >= 15 is 0 Å². The number of nitrogens with zero attached hydrogens (tertiary/aromatic N) is 1. The van der Waals surface area contributed by atoms with Gasteiger partial charge in [-0.05, 0) is 12.1 Å². The lowest BCUT2D eigenvalue weighted by molar-refractivity contribution is 0.0835. The van der Waals surface area contributed by atoms with Crippen molar-refractivity contribution in [3.63, 3.8) is 0 Å². The molecule has 1 heterocycles. The van der Waals surface area contributed by atoms with Gasteiger partial charge >= 0.3 is 0 Å². The van der Waals surface area contributed by atoms with E-state index in [1.165, 1.54) is 0 Å². The molecule has 0 saturated carbocycles. The second-order valence-electron chi connectivity index (χ2n) is 3.23. The Morgan fingerprint density at radius 3 is 3.07 bits per heavy atom. The Morgan fingerprint density at radius 2 is 2.29 bits per heavy atom. The van der Waals surface area contributed by atoms with Gasteiger partial charge < -0.3 is 4.74 Å². The predicted molar refractivity (Wildman–Crippen MR) is 50.0 cm³/mol. The van der Waals surface area contributed by atoms with Gasteiger partial charge in [0.1, 0.15) is 5.75 Å². The van der Waals surface area contributed by atoms with Crippen LogP contribution in [0.4, 0.5) is 0 Å². The Labute approximate surface area is 81.9 Å². The number of carbonyl (C=O) groups is 1. The zero-order chi connectivity index (χ0) is 9.97. The first-order valence-electron chi connectivity index (χ1n) is 4.46. The molecule has 14 heavy (non-hydrogen) atoms. The van der Waals surface area contributed by atoms with Crippen LogP contribution in [0.25, 0.3) is 0 Å². The molecular weight excluding hydrogens is 178 g/mol. The van der Waals surface area contributed by atoms with Crippen molar-refractivity contribution < 1.29 is 9.53 Å². The van der Waals surface area contributed by atoms with Crippen LogP contribution in [0, 0.1) is 17.2 Å². The van der Waals surface area contributed by atoms with Gasteiger partial charge in [0.15, 0.2) is 5.78 Å². The Balaban J connectivity index is 2.33. The second-order valence-corrected chi connectivity index (χ2v) is 3.23. The zero-order valence-electron chi connectivity index (χ0n) is 7.56. The third kappa shape index (κ3) is 1.35. The molecule has 0 N–H and O–H groups in total. The average molecular weight is 187 g/mol. The Hall–Kier alpha value is -1.82. The maximum absolute atomic E-state index is 11.8. The van der Waals surface area contributed by atoms with Crippen molar-refractivity contribution in [2.24, 2.45) is 5.92 Å². The van der Waals surface area contributed by atoms with Gasteiger partial charge in [-0.3, -0.25) is 4.79 Å². The van der Waals surface area contributed by atoms with E-state index in [0.717, 1.165) is 0 Å². The van der Waals surface area contributed by atoms with Crippen LogP contribution < -0.4 is 4.74 Å². The summed E-state index contributed by atoms with van der Waals surface area (Å²) in [5, 5.41) is 8.53. The summed E-state index contributed by atoms with van der Waals surface area (Å²) in [6.45, 7) is 0.323. The lowest BCUT2D eigenvalue weighted by Gasteiger charge is -2.21. The quantitative estimate of drug-likeness (QED) is 0.673. The molecule has 1 aliphatic heterocycles. The van der Waals surface area contributed by atoms with Gasteiger partial charge in [0.25, 0.3) is 0 Å². The van der Waals surface area contributed by atoms with Gasteiger partial charge in [-0.2, -0.15) is 5.26 Å². The molecular formula is C11H9NO2. The largest absolute Gasteiger partial charge is 0.492 e. The first-order valence-corrected chi connectivity index (χ1v) is 4.46. The highest BCUT2D eigenvalue weighted by Gasteiger charge is 2.27. The fourth-order valence-electron chi connectivity index (χ4n) is 1.54. The number of carbonyl (C=O) groups excluding carboxylic acids is 1. The first-order chi connectivity index (χ1) is 6.83. The summed E-state index contributed by atoms with van der Waals surface area (Å²) in [4.78, 5) is 11.8. The molecule has 1 aromatic carbocycles. The molecule has 1 unspecified atom stereocenters. The fourth-order valence-corrected chi connectivity index (χ4v) is 1.54. The second kappa shape index (κ2) is 3.51. The minimum absolute atomic E-state index is 0.0217. The molecule has 0 fully saturated rings. The maximum atomic E-state index is 11.8. The predicted octanol–water partition coefficient (Wildman–Crippen LogP) is 1.79. The number of hydrogen-bond donors (Lipinski definition) is 0. The van der Waals surface area contributed by atoms with Crippen LogP contribution in [-0.4, -0.2) is 12.4 Å². The molecule has 0 aliphatic carbocycles. The molecule has 2 rings (SSSR count). The monoisotopic (exact) mass is 187 g/mol. The van der Waals surface area contributed by atoms with E-state index in [2.05, 4.69) is 0 Å². The topological polar surface area (TPSA) is 50.1 Å². The molecule has 1 aromatic rings. The highest BCUT2D eigenvalue weighted by atomic mass is 16.5. The van der Waals surface area contributed by atoms with Gasteiger partial charge in [-0.15, -0.1) is 0 Å². The van der Waals surface area contributed by atoms with Crippen LogP contribution in [0.2, 0.25) is 0 Å². The van der Waals surface area contributed by atoms with Crippen LogP contribution in [0.1, 0.15) is 16.8 Å². The molecule has 70 valence electrons. The molecule has 0 aromatic heterocycles. The maximum Gasteiger partial charge on any atom is 0.174 e. The van der Waals surface area contributed by atoms with Gasteiger partial charge in [0.05, 0.1) is 24.2 Å². The molecule has 0 amide bonds. The highest BCUT2D eigenvalue weighted by molar-refractivity contribution is 6.01. The lowest BCUT2D eigenvalue weighted by atomic mass is 9.93. The van der Waals surface area contributed by atoms with E-state index in [4.69, 9.17) is 10.00 Å². The minimum Gasteiger partial charge on any atom is -0.492 e. The highest BCUT2D eigenvalue weighted by Crippen LogP contribution is 2.27. The smallest absolute Gasteiger partial charge is 0.174 e. The van der Waals surface area contributed by atoms with Gasteiger partial charge in [0, 0.05) is 6.42 Å². The van der Waals surface area contributed by atoms with E-state index in [0.29, 0.717) is 17.9 Å². The SMILES string of the molecule is N#CCC1COc2ccccc2C1=O. The van der Waals surface area contributed by atoms with Crippen LogP contribution in [0.5, 0.6) is 5.75 Å². The van der Waals surface area contributed by atoms with E-state index in [1.807, 2.05) is 12.1 Å². The number of benzene rings is 1. The fraction of sp³-hybridized carbons (Fsp3) is 0.273. The number of rotatable bonds is 1. The van der Waals surface area contributed by atoms with Crippen molar-refractivity contribution in [1.82, 2.24) is 0 Å². The number of ether oxygens (including phenoxy) is 1. The minimum atomic E-state index is -0.296. The van der Waals surface area contributed by atoms with Crippen molar-refractivity contribution in [2.45, 2.75) is 6.42 Å². The van der Waals surface area contributed by atoms with Gasteiger partial charge in [-0.1, -0.05) is 12.1 Å². The molecule has 3 nitrogen and oxygen atoms in total. The Bertz CT molecular complexity index is 406. The Morgan fingerprint density at radius 1 is 1.50 bits per heavy atom. The van der Waals surface area contributed by atoms with Crippen LogP contribution in [0.15, 0.2) is 24.3 Å². The summed E-state index contributed by atoms with van der Waals surface area (Å²) < 4.78 is 5.39. The standard InChI is InChI=1S/C11H9NO2/c12-6-5-8-7-14-10-4-2-1-3-9(10)11(8)13/h1-4,8H,5,7H2. The van der Waals surface area contributed by atoms with Crippen molar-refractivity contribution in [3.05, 3.63) is 29.8 Å². The molecule has 0 bridgehead atoms. The van der Waals surface area contributed by atoms with Crippen molar-refractivity contribution in [3.8, 4) is 11.8 Å². The molecule has 1 atom stereocenters. The van der Waals surface area contributed by atoms with E-state index in [1.54, 1.807) is 18.2 Å². The number of hydrogen-bond acceptors (Lipinski definition) is 3. The first kappa shape index (κ1) is 8.76. The molecule has 3 heteroatoms. The summed E-state index contributed by atoms with van der Waals surface area (Å²) in [7, 11) is 0. The van der Waals surface area contributed by atoms with Gasteiger partial charge in [0.2, 0.25) is 0 Å². The van der Waals surface area contributed by atoms with E-state index in [-0.39, 0.29) is 18.1 Å². The van der Waals surface area contributed by atoms with E-state index < -0.39 is 0 Å². The Kier molecular flexibility index (Phi) is 2.19. The molecule has 0 spiro atoms. The normalized spacial score (nSPS) is 19.4. The van der Waals surface area contributed by atoms with Crippen molar-refractivity contribution in [2.75, 3.05) is 6.61 Å². The third-order valence-corrected chi connectivity index (χ3v) is 2.30. The van der Waals surface area contributed by atoms with Crippen molar-refractivity contribution >= 4 is 5.78 Å². The van der Waals surface area contributed by atoms with Crippen LogP contribution in [-0.2, 0) is 0 Å². The molecule has 0 radical (unpaired) electrons. The number of ketones is 1. The summed E-state index contributed by atoms with van der Waals surface area (Å²) in [6, 6.07) is 9.14. The molecule has 1 aliphatic rings. The van der Waals surface area contributed by atoms with Crippen LogP contribution >= 0.6 is 0 Å². The number of Topliss-reactive ketones (excluding diaryl/α,β-unsaturated/α-hetero) is 1.